The predicted molar refractivity (Wildman–Crippen MR) is 75.4 cm³/mol. The van der Waals surface area contributed by atoms with Crippen molar-refractivity contribution in [1.29, 1.82) is 0 Å². The number of hydrogen-bond donors (Lipinski definition) is 4. The second-order valence-corrected chi connectivity index (χ2v) is 4.41. The van der Waals surface area contributed by atoms with Crippen molar-refractivity contribution in [3.8, 4) is 0 Å². The Balaban J connectivity index is 3.98. The van der Waals surface area contributed by atoms with E-state index in [4.69, 9.17) is 20.9 Å². The summed E-state index contributed by atoms with van der Waals surface area (Å²) in [7, 11) is 0. The summed E-state index contributed by atoms with van der Waals surface area (Å²) in [5.41, 5.74) is 9.77. The monoisotopic (exact) mass is 316 g/mol. The quantitative estimate of drug-likeness (QED) is 0.322. The number of amides is 4. The maximum atomic E-state index is 11.3. The van der Waals surface area contributed by atoms with Gasteiger partial charge in [-0.15, -0.1) is 0 Å². The van der Waals surface area contributed by atoms with E-state index in [1.807, 2.05) is 0 Å². The van der Waals surface area contributed by atoms with Crippen molar-refractivity contribution in [2.24, 2.45) is 11.5 Å². The molecule has 0 aromatic rings. The van der Waals surface area contributed by atoms with E-state index < -0.39 is 36.1 Å². The molecule has 0 fully saturated rings. The van der Waals surface area contributed by atoms with Crippen molar-refractivity contribution in [3.63, 3.8) is 0 Å². The number of rotatable bonds is 8. The number of esters is 2. The van der Waals surface area contributed by atoms with E-state index >= 15 is 0 Å². The van der Waals surface area contributed by atoms with Gasteiger partial charge in [-0.05, 0) is 13.8 Å². The van der Waals surface area contributed by atoms with Crippen LogP contribution in [-0.2, 0) is 19.1 Å². The number of nitrogens with two attached hydrogens (primary N) is 2. The Bertz CT molecular complexity index is 411. The first-order chi connectivity index (χ1) is 10.2. The molecule has 124 valence electrons. The molecule has 4 amide bonds. The van der Waals surface area contributed by atoms with Crippen LogP contribution in [0.25, 0.3) is 0 Å². The number of hydrogen-bond acceptors (Lipinski definition) is 6. The lowest BCUT2D eigenvalue weighted by atomic mass is 10.3. The summed E-state index contributed by atoms with van der Waals surface area (Å²) in [6.45, 7) is 2.98. The fraction of sp³-hybridized carbons (Fsp3) is 0.500. The van der Waals surface area contributed by atoms with Crippen molar-refractivity contribution >= 4 is 24.0 Å². The van der Waals surface area contributed by atoms with Gasteiger partial charge >= 0.3 is 24.0 Å². The molecular formula is C12H20N4O6. The van der Waals surface area contributed by atoms with Crippen LogP contribution in [0.5, 0.6) is 0 Å². The summed E-state index contributed by atoms with van der Waals surface area (Å²) >= 11 is 0. The van der Waals surface area contributed by atoms with Crippen molar-refractivity contribution in [2.45, 2.75) is 25.9 Å². The van der Waals surface area contributed by atoms with E-state index in [2.05, 4.69) is 10.6 Å². The van der Waals surface area contributed by atoms with E-state index in [1.54, 1.807) is 13.8 Å². The zero-order valence-electron chi connectivity index (χ0n) is 12.3. The Hall–Kier alpha value is -2.78. The van der Waals surface area contributed by atoms with Gasteiger partial charge in [0.1, 0.15) is 13.2 Å². The summed E-state index contributed by atoms with van der Waals surface area (Å²) in [6, 6.07) is -2.38. The molecule has 6 N–H and O–H groups in total. The maximum Gasteiger partial charge on any atom is 0.331 e. The van der Waals surface area contributed by atoms with Crippen LogP contribution in [-0.4, -0.2) is 49.3 Å². The Morgan fingerprint density at radius 1 is 0.864 bits per heavy atom. The van der Waals surface area contributed by atoms with Gasteiger partial charge in [-0.25, -0.2) is 19.2 Å². The molecule has 0 aromatic carbocycles. The SMILES string of the molecule is C[C@@H](COC(=O)/C=C/C(=O)OC[C@H](C)NC(N)=O)NC(N)=O. The van der Waals surface area contributed by atoms with Gasteiger partial charge in [-0.3, -0.25) is 0 Å². The summed E-state index contributed by atoms with van der Waals surface area (Å²) in [5, 5.41) is 4.62. The first kappa shape index (κ1) is 19.2. The highest BCUT2D eigenvalue weighted by Crippen LogP contribution is 1.91. The lowest BCUT2D eigenvalue weighted by Crippen LogP contribution is -2.39. The first-order valence-electron chi connectivity index (χ1n) is 6.34. The van der Waals surface area contributed by atoms with Crippen LogP contribution in [0.4, 0.5) is 9.59 Å². The molecule has 0 bridgehead atoms. The van der Waals surface area contributed by atoms with E-state index in [0.717, 1.165) is 12.2 Å². The predicted octanol–water partition coefficient (Wildman–Crippen LogP) is -1.26. The first-order valence-corrected chi connectivity index (χ1v) is 6.34. The number of urea groups is 2. The normalized spacial score (nSPS) is 13.0. The van der Waals surface area contributed by atoms with Crippen LogP contribution in [0, 0.1) is 0 Å². The Kier molecular flexibility index (Phi) is 8.75. The topological polar surface area (TPSA) is 163 Å². The summed E-state index contributed by atoms with van der Waals surface area (Å²) in [6.07, 6.45) is 1.76. The lowest BCUT2D eigenvalue weighted by molar-refractivity contribution is -0.141. The molecular weight excluding hydrogens is 296 g/mol. The second-order valence-electron chi connectivity index (χ2n) is 4.41. The number of primary amides is 2. The highest BCUT2D eigenvalue weighted by Gasteiger charge is 2.08. The van der Waals surface area contributed by atoms with Crippen LogP contribution in [0.1, 0.15) is 13.8 Å². The zero-order valence-corrected chi connectivity index (χ0v) is 12.3. The van der Waals surface area contributed by atoms with Crippen LogP contribution >= 0.6 is 0 Å². The summed E-state index contributed by atoms with van der Waals surface area (Å²) < 4.78 is 9.51. The minimum atomic E-state index is -0.779. The molecule has 0 heterocycles. The Morgan fingerprint density at radius 3 is 1.45 bits per heavy atom. The number of nitrogens with one attached hydrogen (secondary N) is 2. The van der Waals surface area contributed by atoms with Crippen molar-refractivity contribution in [1.82, 2.24) is 10.6 Å². The fourth-order valence-electron chi connectivity index (χ4n) is 1.22. The molecule has 0 aliphatic heterocycles. The Morgan fingerprint density at radius 2 is 1.18 bits per heavy atom. The zero-order chi connectivity index (χ0) is 17.1. The highest BCUT2D eigenvalue weighted by molar-refractivity contribution is 5.91. The van der Waals surface area contributed by atoms with Crippen molar-refractivity contribution in [3.05, 3.63) is 12.2 Å². The van der Waals surface area contributed by atoms with Gasteiger partial charge in [-0.1, -0.05) is 0 Å². The van der Waals surface area contributed by atoms with Gasteiger partial charge < -0.3 is 31.6 Å². The molecule has 0 rings (SSSR count). The molecule has 10 nitrogen and oxygen atoms in total. The molecule has 0 saturated heterocycles. The minimum Gasteiger partial charge on any atom is -0.460 e. The molecule has 22 heavy (non-hydrogen) atoms. The maximum absolute atomic E-state index is 11.3. The second kappa shape index (κ2) is 10.0. The number of carbonyl (C=O) groups is 4. The minimum absolute atomic E-state index is 0.0965. The van der Waals surface area contributed by atoms with Gasteiger partial charge in [0.25, 0.3) is 0 Å². The molecule has 0 radical (unpaired) electrons. The summed E-state index contributed by atoms with van der Waals surface area (Å²) in [4.78, 5) is 43.6. The fourth-order valence-corrected chi connectivity index (χ4v) is 1.22. The number of ether oxygens (including phenoxy) is 2. The molecule has 0 unspecified atom stereocenters. The summed E-state index contributed by atoms with van der Waals surface area (Å²) in [5.74, 6) is -1.56. The van der Waals surface area contributed by atoms with E-state index in [1.165, 1.54) is 0 Å². The third kappa shape index (κ3) is 11.1. The van der Waals surface area contributed by atoms with Gasteiger partial charge in [0.15, 0.2) is 0 Å². The van der Waals surface area contributed by atoms with Crippen LogP contribution in [0.2, 0.25) is 0 Å². The van der Waals surface area contributed by atoms with Crippen molar-refractivity contribution < 1.29 is 28.7 Å². The van der Waals surface area contributed by atoms with Gasteiger partial charge in [0.05, 0.1) is 12.1 Å². The van der Waals surface area contributed by atoms with E-state index in [9.17, 15) is 19.2 Å². The molecule has 0 aliphatic carbocycles. The molecule has 0 aliphatic rings. The molecule has 0 spiro atoms. The average Bonchev–Trinajstić information content (AvgIpc) is 2.39. The van der Waals surface area contributed by atoms with Gasteiger partial charge in [-0.2, -0.15) is 0 Å². The third-order valence-electron chi connectivity index (χ3n) is 2.08. The average molecular weight is 316 g/mol. The molecule has 0 saturated carbocycles. The van der Waals surface area contributed by atoms with Gasteiger partial charge in [0.2, 0.25) is 0 Å². The highest BCUT2D eigenvalue weighted by atomic mass is 16.5. The van der Waals surface area contributed by atoms with Crippen LogP contribution < -0.4 is 22.1 Å². The molecule has 2 atom stereocenters. The standard InChI is InChI=1S/C12H20N4O6/c1-7(15-11(13)19)5-21-9(17)3-4-10(18)22-6-8(2)16-12(14)20/h3-4,7-8H,5-6H2,1-2H3,(H3,13,15,19)(H3,14,16,20)/b4-3+/t7-,8-/m0/s1. The van der Waals surface area contributed by atoms with Crippen LogP contribution in [0.15, 0.2) is 12.2 Å². The number of carbonyl (C=O) groups excluding carboxylic acids is 4. The van der Waals surface area contributed by atoms with Crippen molar-refractivity contribution in [2.75, 3.05) is 13.2 Å². The third-order valence-corrected chi connectivity index (χ3v) is 2.08. The molecule has 0 aromatic heterocycles. The largest absolute Gasteiger partial charge is 0.460 e. The van der Waals surface area contributed by atoms with Gasteiger partial charge in [0, 0.05) is 12.2 Å². The molecule has 10 heteroatoms. The Labute approximate surface area is 127 Å². The lowest BCUT2D eigenvalue weighted by Gasteiger charge is -2.11. The van der Waals surface area contributed by atoms with E-state index in [-0.39, 0.29) is 13.2 Å². The van der Waals surface area contributed by atoms with E-state index in [0.29, 0.717) is 0 Å². The smallest absolute Gasteiger partial charge is 0.331 e. The van der Waals surface area contributed by atoms with Crippen LogP contribution in [0.3, 0.4) is 0 Å².